The quantitative estimate of drug-likeness (QED) is 0.175. The third-order valence-corrected chi connectivity index (χ3v) is 11.4. The van der Waals surface area contributed by atoms with Gasteiger partial charge in [0.15, 0.2) is 0 Å². The number of fused-ring (bicyclic) bond motifs is 1. The molecule has 0 aliphatic carbocycles. The van der Waals surface area contributed by atoms with Crippen LogP contribution in [0.2, 0.25) is 19.6 Å². The standard InChI is InChI=1S/C43H49N3OSi/c1-27(2)22-32-24-36(44-26-39(32)48(8,9)10)31-17-12-16-30(23-31)34-18-13-19-37-40(34)45-42(46(37)41-28(3)14-11-15-29(41)4)35-25-33(43(5,6)7)20-21-38(35)47/h11-21,23-27,47H,22H2,1-10H3. The van der Waals surface area contributed by atoms with Crippen molar-refractivity contribution in [3.63, 3.8) is 0 Å². The summed E-state index contributed by atoms with van der Waals surface area (Å²) in [5.41, 5.74) is 12.8. The van der Waals surface area contributed by atoms with Crippen molar-refractivity contribution >= 4 is 24.3 Å². The summed E-state index contributed by atoms with van der Waals surface area (Å²) >= 11 is 0. The van der Waals surface area contributed by atoms with E-state index < -0.39 is 8.07 Å². The normalized spacial score (nSPS) is 12.3. The number of nitrogens with zero attached hydrogens (tertiary/aromatic N) is 3. The fourth-order valence-corrected chi connectivity index (χ4v) is 8.45. The van der Waals surface area contributed by atoms with Crippen LogP contribution in [0.1, 0.15) is 56.9 Å². The average Bonchev–Trinajstić information content (AvgIpc) is 3.39. The van der Waals surface area contributed by atoms with Crippen LogP contribution in [0, 0.1) is 19.8 Å². The van der Waals surface area contributed by atoms with Gasteiger partial charge in [-0.05, 0) is 94.9 Å². The molecular weight excluding hydrogens is 603 g/mol. The summed E-state index contributed by atoms with van der Waals surface area (Å²) in [5.74, 6) is 1.53. The molecule has 5 heteroatoms. The molecule has 4 aromatic carbocycles. The first-order valence-corrected chi connectivity index (χ1v) is 20.7. The van der Waals surface area contributed by atoms with E-state index >= 15 is 0 Å². The van der Waals surface area contributed by atoms with Crippen LogP contribution in [0.5, 0.6) is 5.75 Å². The molecular formula is C43H49N3OSi. The second-order valence-corrected chi connectivity index (χ2v) is 20.9. The van der Waals surface area contributed by atoms with Crippen LogP contribution in [-0.4, -0.2) is 27.7 Å². The Balaban J connectivity index is 1.58. The molecule has 0 bridgehead atoms. The molecule has 0 saturated heterocycles. The molecule has 0 fully saturated rings. The van der Waals surface area contributed by atoms with Crippen molar-refractivity contribution < 1.29 is 5.11 Å². The molecule has 246 valence electrons. The highest BCUT2D eigenvalue weighted by molar-refractivity contribution is 6.89. The molecule has 4 nitrogen and oxygen atoms in total. The number of aromatic hydroxyl groups is 1. The van der Waals surface area contributed by atoms with E-state index in [1.807, 2.05) is 12.1 Å². The van der Waals surface area contributed by atoms with Gasteiger partial charge in [0.1, 0.15) is 11.6 Å². The maximum atomic E-state index is 11.3. The predicted molar refractivity (Wildman–Crippen MR) is 207 cm³/mol. The molecule has 0 atom stereocenters. The third-order valence-electron chi connectivity index (χ3n) is 9.35. The van der Waals surface area contributed by atoms with Crippen LogP contribution < -0.4 is 5.19 Å². The first kappa shape index (κ1) is 33.4. The molecule has 0 spiro atoms. The van der Waals surface area contributed by atoms with Crippen molar-refractivity contribution in [1.29, 1.82) is 0 Å². The fraction of sp³-hybridized carbons (Fsp3) is 0.302. The lowest BCUT2D eigenvalue weighted by Gasteiger charge is -2.22. The Hall–Kier alpha value is -4.48. The summed E-state index contributed by atoms with van der Waals surface area (Å²) in [6.45, 7) is 22.7. The van der Waals surface area contributed by atoms with E-state index in [0.29, 0.717) is 5.92 Å². The zero-order valence-electron chi connectivity index (χ0n) is 30.2. The Morgan fingerprint density at radius 2 is 1.46 bits per heavy atom. The van der Waals surface area contributed by atoms with Gasteiger partial charge in [0, 0.05) is 17.3 Å². The molecule has 0 radical (unpaired) electrons. The van der Waals surface area contributed by atoms with Crippen LogP contribution in [0.3, 0.4) is 0 Å². The second-order valence-electron chi connectivity index (χ2n) is 15.8. The summed E-state index contributed by atoms with van der Waals surface area (Å²) in [5, 5.41) is 12.8. The van der Waals surface area contributed by atoms with Gasteiger partial charge in [-0.2, -0.15) is 0 Å². The van der Waals surface area contributed by atoms with Crippen molar-refractivity contribution in [3.8, 4) is 45.2 Å². The van der Waals surface area contributed by atoms with Gasteiger partial charge in [0.2, 0.25) is 0 Å². The van der Waals surface area contributed by atoms with Gasteiger partial charge in [-0.1, -0.05) is 109 Å². The van der Waals surface area contributed by atoms with E-state index in [2.05, 4.69) is 152 Å². The maximum absolute atomic E-state index is 11.3. The van der Waals surface area contributed by atoms with Crippen LogP contribution in [0.25, 0.3) is 50.5 Å². The van der Waals surface area contributed by atoms with E-state index in [1.54, 1.807) is 0 Å². The van der Waals surface area contributed by atoms with Crippen molar-refractivity contribution in [3.05, 3.63) is 113 Å². The lowest BCUT2D eigenvalue weighted by molar-refractivity contribution is 0.475. The zero-order chi connectivity index (χ0) is 34.5. The number of aromatic nitrogens is 3. The molecule has 0 aliphatic rings. The largest absolute Gasteiger partial charge is 0.507 e. The van der Waals surface area contributed by atoms with E-state index in [4.69, 9.17) is 9.97 Å². The number of rotatable bonds is 7. The van der Waals surface area contributed by atoms with Crippen LogP contribution >= 0.6 is 0 Å². The number of para-hydroxylation sites is 2. The highest BCUT2D eigenvalue weighted by atomic mass is 28.3. The summed E-state index contributed by atoms with van der Waals surface area (Å²) in [7, 11) is -1.54. The van der Waals surface area contributed by atoms with Gasteiger partial charge in [-0.15, -0.1) is 0 Å². The predicted octanol–water partition coefficient (Wildman–Crippen LogP) is 10.8. The number of hydrogen-bond donors (Lipinski definition) is 1. The van der Waals surface area contributed by atoms with E-state index in [-0.39, 0.29) is 11.2 Å². The highest BCUT2D eigenvalue weighted by Gasteiger charge is 2.25. The summed E-state index contributed by atoms with van der Waals surface area (Å²) in [6, 6.07) is 29.8. The number of imidazole rings is 1. The Morgan fingerprint density at radius 1 is 0.792 bits per heavy atom. The summed E-state index contributed by atoms with van der Waals surface area (Å²) < 4.78 is 2.24. The molecule has 0 saturated carbocycles. The minimum absolute atomic E-state index is 0.0835. The van der Waals surface area contributed by atoms with Gasteiger partial charge >= 0.3 is 0 Å². The second kappa shape index (κ2) is 12.5. The molecule has 0 amide bonds. The first-order valence-electron chi connectivity index (χ1n) is 17.2. The van der Waals surface area contributed by atoms with Crippen molar-refractivity contribution in [1.82, 2.24) is 14.5 Å². The zero-order valence-corrected chi connectivity index (χ0v) is 31.2. The number of hydrogen-bond acceptors (Lipinski definition) is 3. The summed E-state index contributed by atoms with van der Waals surface area (Å²) in [6.07, 6.45) is 3.19. The monoisotopic (exact) mass is 651 g/mol. The Labute approximate surface area is 287 Å². The molecule has 1 N–H and O–H groups in total. The minimum Gasteiger partial charge on any atom is -0.507 e. The molecule has 6 rings (SSSR count). The number of phenols is 1. The molecule has 0 unspecified atom stereocenters. The Bertz CT molecular complexity index is 2120. The molecule has 6 aromatic rings. The van der Waals surface area contributed by atoms with Gasteiger partial charge in [0.05, 0.1) is 36.1 Å². The van der Waals surface area contributed by atoms with E-state index in [1.165, 1.54) is 10.8 Å². The molecule has 2 aromatic heterocycles. The highest BCUT2D eigenvalue weighted by Crippen LogP contribution is 2.40. The first-order chi connectivity index (χ1) is 22.6. The SMILES string of the molecule is Cc1cccc(C)c1-n1c(-c2cc(C(C)(C)C)ccc2O)nc2c(-c3cccc(-c4cc(CC(C)C)c([Si](C)(C)C)cn4)c3)cccc21. The van der Waals surface area contributed by atoms with Crippen molar-refractivity contribution in [2.45, 2.75) is 79.9 Å². The lowest BCUT2D eigenvalue weighted by Crippen LogP contribution is -2.40. The van der Waals surface area contributed by atoms with Gasteiger partial charge in [-0.25, -0.2) is 4.98 Å². The molecule has 2 heterocycles. The Morgan fingerprint density at radius 3 is 2.12 bits per heavy atom. The lowest BCUT2D eigenvalue weighted by atomic mass is 9.86. The third kappa shape index (κ3) is 6.36. The van der Waals surface area contributed by atoms with E-state index in [0.717, 1.165) is 73.6 Å². The molecule has 0 aliphatic heterocycles. The average molecular weight is 652 g/mol. The fourth-order valence-electron chi connectivity index (χ4n) is 6.86. The van der Waals surface area contributed by atoms with Crippen LogP contribution in [-0.2, 0) is 11.8 Å². The van der Waals surface area contributed by atoms with E-state index in [9.17, 15) is 5.11 Å². The smallest absolute Gasteiger partial charge is 0.149 e. The van der Waals surface area contributed by atoms with Gasteiger partial charge < -0.3 is 5.11 Å². The number of pyridine rings is 1. The van der Waals surface area contributed by atoms with Gasteiger partial charge in [0.25, 0.3) is 0 Å². The minimum atomic E-state index is -1.54. The van der Waals surface area contributed by atoms with Crippen LogP contribution in [0.15, 0.2) is 91.1 Å². The Kier molecular flexibility index (Phi) is 8.71. The number of phenolic OH excluding ortho intramolecular Hbond substituents is 1. The number of benzene rings is 4. The number of aryl methyl sites for hydroxylation is 2. The topological polar surface area (TPSA) is 50.9 Å². The molecule has 48 heavy (non-hydrogen) atoms. The van der Waals surface area contributed by atoms with Crippen molar-refractivity contribution in [2.75, 3.05) is 0 Å². The van der Waals surface area contributed by atoms with Crippen LogP contribution in [0.4, 0.5) is 0 Å². The van der Waals surface area contributed by atoms with Gasteiger partial charge in [-0.3, -0.25) is 9.55 Å². The van der Waals surface area contributed by atoms with Crippen molar-refractivity contribution in [2.24, 2.45) is 5.92 Å². The summed E-state index contributed by atoms with van der Waals surface area (Å²) in [4.78, 5) is 10.4. The maximum Gasteiger partial charge on any atom is 0.149 e.